The molecular weight excluding hydrogens is 274 g/mol. The van der Waals surface area contributed by atoms with Crippen molar-refractivity contribution in [2.75, 3.05) is 0 Å². The minimum Gasteiger partial charge on any atom is -0.458 e. The highest BCUT2D eigenvalue weighted by Crippen LogP contribution is 2.44. The van der Waals surface area contributed by atoms with Gasteiger partial charge >= 0.3 is 5.97 Å². The van der Waals surface area contributed by atoms with Gasteiger partial charge in [-0.1, -0.05) is 12.8 Å². The Kier molecular flexibility index (Phi) is 2.45. The number of rotatable bonds is 2. The summed E-state index contributed by atoms with van der Waals surface area (Å²) in [5.74, 6) is -0.556. The van der Waals surface area contributed by atoms with Crippen LogP contribution in [0.15, 0.2) is 10.9 Å². The zero-order valence-corrected chi connectivity index (χ0v) is 11.4. The van der Waals surface area contributed by atoms with Crippen LogP contribution in [0.3, 0.4) is 0 Å². The molecule has 0 amide bonds. The Hall–Kier alpha value is -1.95. The van der Waals surface area contributed by atoms with E-state index in [1.54, 1.807) is 0 Å². The van der Waals surface area contributed by atoms with Crippen LogP contribution >= 0.6 is 0 Å². The number of carbonyl (C=O) groups is 2. The van der Waals surface area contributed by atoms with Crippen molar-refractivity contribution in [3.8, 4) is 0 Å². The Morgan fingerprint density at radius 3 is 2.81 bits per heavy atom. The van der Waals surface area contributed by atoms with E-state index in [4.69, 9.17) is 4.74 Å². The predicted octanol–water partition coefficient (Wildman–Crippen LogP) is 0.479. The lowest BCUT2D eigenvalue weighted by molar-refractivity contribution is -0.173. The highest BCUT2D eigenvalue weighted by Gasteiger charge is 2.49. The van der Waals surface area contributed by atoms with E-state index in [1.165, 1.54) is 10.6 Å². The first kappa shape index (κ1) is 12.8. The topological polar surface area (TPSA) is 85.6 Å². The summed E-state index contributed by atoms with van der Waals surface area (Å²) in [6.45, 7) is 0.226. The fourth-order valence-corrected chi connectivity index (χ4v) is 3.29. The zero-order valence-electron chi connectivity index (χ0n) is 11.4. The van der Waals surface area contributed by atoms with Gasteiger partial charge in [0.15, 0.2) is 11.4 Å². The molecule has 0 spiro atoms. The molecule has 1 atom stereocenters. The van der Waals surface area contributed by atoms with Gasteiger partial charge in [-0.05, 0) is 18.4 Å². The SMILES string of the molecule is O=C1CCn2c1cc1c(c2=O)COC(=O)[C@]1(O)CC1CC1. The highest BCUT2D eigenvalue weighted by molar-refractivity contribution is 5.97. The molecule has 4 rings (SSSR count). The van der Waals surface area contributed by atoms with Crippen LogP contribution < -0.4 is 5.56 Å². The third-order valence-electron chi connectivity index (χ3n) is 4.66. The number of aromatic nitrogens is 1. The minimum absolute atomic E-state index is 0.123. The molecule has 2 aliphatic heterocycles. The summed E-state index contributed by atoms with van der Waals surface area (Å²) in [6.07, 6.45) is 2.48. The summed E-state index contributed by atoms with van der Waals surface area (Å²) in [6, 6.07) is 1.52. The first-order valence-electron chi connectivity index (χ1n) is 7.20. The van der Waals surface area contributed by atoms with E-state index in [0.29, 0.717) is 17.8 Å². The standard InChI is InChI=1S/C15H15NO5/c17-12-3-4-16-11(12)5-10-9(13(16)18)7-21-14(19)15(10,20)6-8-1-2-8/h5,8,20H,1-4,6-7H2/t15-/m0/s1. The smallest absolute Gasteiger partial charge is 0.343 e. The summed E-state index contributed by atoms with van der Waals surface area (Å²) in [7, 11) is 0. The number of nitrogens with zero attached hydrogens (tertiary/aromatic N) is 1. The summed E-state index contributed by atoms with van der Waals surface area (Å²) >= 11 is 0. The van der Waals surface area contributed by atoms with Crippen LogP contribution in [0.2, 0.25) is 0 Å². The Labute approximate surface area is 120 Å². The molecule has 0 unspecified atom stereocenters. The summed E-state index contributed by atoms with van der Waals surface area (Å²) in [5, 5.41) is 10.8. The molecule has 0 radical (unpaired) electrons. The Bertz CT molecular complexity index is 730. The quantitative estimate of drug-likeness (QED) is 0.800. The molecule has 1 aromatic rings. The van der Waals surface area contributed by atoms with Crippen LogP contribution in [0.5, 0.6) is 0 Å². The molecule has 1 N–H and O–H groups in total. The first-order valence-corrected chi connectivity index (χ1v) is 7.20. The van der Waals surface area contributed by atoms with Crippen LogP contribution in [0.1, 0.15) is 47.3 Å². The molecule has 1 aromatic heterocycles. The third kappa shape index (κ3) is 1.72. The van der Waals surface area contributed by atoms with Gasteiger partial charge in [-0.25, -0.2) is 4.79 Å². The van der Waals surface area contributed by atoms with Gasteiger partial charge in [-0.2, -0.15) is 0 Å². The average Bonchev–Trinajstić information content (AvgIpc) is 3.18. The number of carbonyl (C=O) groups excluding carboxylic acids is 2. The molecule has 110 valence electrons. The Morgan fingerprint density at radius 2 is 2.10 bits per heavy atom. The molecular formula is C15H15NO5. The van der Waals surface area contributed by atoms with Crippen LogP contribution in [0.4, 0.5) is 0 Å². The molecule has 1 aliphatic carbocycles. The summed E-state index contributed by atoms with van der Waals surface area (Å²) in [5.41, 5.74) is -1.24. The zero-order chi connectivity index (χ0) is 14.8. The molecule has 1 saturated carbocycles. The molecule has 0 aromatic carbocycles. The molecule has 6 heteroatoms. The second-order valence-electron chi connectivity index (χ2n) is 6.14. The van der Waals surface area contributed by atoms with Crippen molar-refractivity contribution < 1.29 is 19.4 Å². The van der Waals surface area contributed by atoms with Crippen LogP contribution in [-0.2, 0) is 28.3 Å². The van der Waals surface area contributed by atoms with Crippen molar-refractivity contribution in [2.45, 2.75) is 44.4 Å². The maximum absolute atomic E-state index is 12.5. The second-order valence-corrected chi connectivity index (χ2v) is 6.14. The first-order chi connectivity index (χ1) is 10.0. The number of hydrogen-bond donors (Lipinski definition) is 1. The number of hydrogen-bond acceptors (Lipinski definition) is 5. The molecule has 21 heavy (non-hydrogen) atoms. The summed E-state index contributed by atoms with van der Waals surface area (Å²) in [4.78, 5) is 36.4. The molecule has 0 bridgehead atoms. The van der Waals surface area contributed by atoms with Gasteiger partial charge in [0.05, 0.1) is 11.3 Å². The lowest BCUT2D eigenvalue weighted by Gasteiger charge is -2.32. The van der Waals surface area contributed by atoms with Crippen LogP contribution in [0.25, 0.3) is 0 Å². The molecule has 3 aliphatic rings. The van der Waals surface area contributed by atoms with Gasteiger partial charge in [-0.15, -0.1) is 0 Å². The lowest BCUT2D eigenvalue weighted by atomic mass is 9.84. The number of ketones is 1. The van der Waals surface area contributed by atoms with Gasteiger partial charge in [0, 0.05) is 18.5 Å². The van der Waals surface area contributed by atoms with E-state index in [9.17, 15) is 19.5 Å². The third-order valence-corrected chi connectivity index (χ3v) is 4.66. The van der Waals surface area contributed by atoms with Crippen LogP contribution in [0, 0.1) is 5.92 Å². The fourth-order valence-electron chi connectivity index (χ4n) is 3.29. The van der Waals surface area contributed by atoms with E-state index < -0.39 is 11.6 Å². The molecule has 0 saturated heterocycles. The van der Waals surface area contributed by atoms with Crippen molar-refractivity contribution in [3.63, 3.8) is 0 Å². The van der Waals surface area contributed by atoms with E-state index in [2.05, 4.69) is 0 Å². The number of aliphatic hydroxyl groups is 1. The summed E-state index contributed by atoms with van der Waals surface area (Å²) < 4.78 is 6.44. The maximum Gasteiger partial charge on any atom is 0.343 e. The fraction of sp³-hybridized carbons (Fsp3) is 0.533. The number of pyridine rings is 1. The monoisotopic (exact) mass is 289 g/mol. The maximum atomic E-state index is 12.5. The molecule has 1 fully saturated rings. The number of fused-ring (bicyclic) bond motifs is 2. The second kappa shape index (κ2) is 4.04. The van der Waals surface area contributed by atoms with Gasteiger partial charge in [0.2, 0.25) is 0 Å². The Morgan fingerprint density at radius 1 is 1.33 bits per heavy atom. The van der Waals surface area contributed by atoms with Crippen molar-refractivity contribution in [1.82, 2.24) is 4.57 Å². The van der Waals surface area contributed by atoms with Crippen molar-refractivity contribution >= 4 is 11.8 Å². The van der Waals surface area contributed by atoms with Gasteiger partial charge in [-0.3, -0.25) is 9.59 Å². The predicted molar refractivity (Wildman–Crippen MR) is 70.7 cm³/mol. The average molecular weight is 289 g/mol. The molecule has 6 nitrogen and oxygen atoms in total. The number of esters is 1. The van der Waals surface area contributed by atoms with Gasteiger partial charge < -0.3 is 14.4 Å². The number of ether oxygens (including phenoxy) is 1. The van der Waals surface area contributed by atoms with E-state index >= 15 is 0 Å². The van der Waals surface area contributed by atoms with Crippen molar-refractivity contribution in [2.24, 2.45) is 5.92 Å². The lowest BCUT2D eigenvalue weighted by Crippen LogP contribution is -2.45. The number of cyclic esters (lactones) is 1. The number of Topliss-reactive ketones (excluding diaryl/α,β-unsaturated/α-hetero) is 1. The van der Waals surface area contributed by atoms with E-state index in [0.717, 1.165) is 12.8 Å². The van der Waals surface area contributed by atoms with Gasteiger partial charge in [0.1, 0.15) is 6.61 Å². The van der Waals surface area contributed by atoms with Gasteiger partial charge in [0.25, 0.3) is 5.56 Å². The van der Waals surface area contributed by atoms with E-state index in [-0.39, 0.29) is 42.3 Å². The highest BCUT2D eigenvalue weighted by atomic mass is 16.6. The van der Waals surface area contributed by atoms with Crippen molar-refractivity contribution in [1.29, 1.82) is 0 Å². The van der Waals surface area contributed by atoms with E-state index in [1.807, 2.05) is 0 Å². The largest absolute Gasteiger partial charge is 0.458 e. The Balaban J connectivity index is 1.93. The van der Waals surface area contributed by atoms with Crippen molar-refractivity contribution in [3.05, 3.63) is 33.2 Å². The normalized spacial score (nSPS) is 27.3. The minimum atomic E-state index is -1.79. The van der Waals surface area contributed by atoms with Crippen LogP contribution in [-0.4, -0.2) is 21.4 Å². The molecule has 3 heterocycles.